The minimum Gasteiger partial charge on any atom is -0.493 e. The van der Waals surface area contributed by atoms with Gasteiger partial charge in [-0.25, -0.2) is 0 Å². The summed E-state index contributed by atoms with van der Waals surface area (Å²) >= 11 is 0. The summed E-state index contributed by atoms with van der Waals surface area (Å²) in [5.74, 6) is 2.16. The van der Waals surface area contributed by atoms with Gasteiger partial charge in [0.2, 0.25) is 5.90 Å². The Bertz CT molecular complexity index is 606. The second kappa shape index (κ2) is 6.10. The van der Waals surface area contributed by atoms with Crippen molar-refractivity contribution in [3.05, 3.63) is 53.6 Å². The maximum absolute atomic E-state index is 7.57. The molecule has 4 heteroatoms. The molecule has 0 amide bonds. The van der Waals surface area contributed by atoms with Crippen molar-refractivity contribution in [1.82, 2.24) is 0 Å². The van der Waals surface area contributed by atoms with Crippen molar-refractivity contribution < 1.29 is 14.2 Å². The SMILES string of the molecule is COC(=N)c1ccc(Oc2ccc(C)cc2OC)cc1. The van der Waals surface area contributed by atoms with Crippen LogP contribution in [-0.2, 0) is 4.74 Å². The molecule has 0 spiro atoms. The topological polar surface area (TPSA) is 51.5 Å². The van der Waals surface area contributed by atoms with Crippen LogP contribution in [0.25, 0.3) is 0 Å². The van der Waals surface area contributed by atoms with Crippen molar-refractivity contribution in [1.29, 1.82) is 5.41 Å². The first-order valence-electron chi connectivity index (χ1n) is 6.19. The van der Waals surface area contributed by atoms with Gasteiger partial charge in [0.25, 0.3) is 0 Å². The molecular formula is C16H17NO3. The Balaban J connectivity index is 2.20. The van der Waals surface area contributed by atoms with Gasteiger partial charge in [-0.3, -0.25) is 5.41 Å². The van der Waals surface area contributed by atoms with Gasteiger partial charge in [-0.1, -0.05) is 6.07 Å². The molecule has 4 nitrogen and oxygen atoms in total. The molecule has 0 heterocycles. The van der Waals surface area contributed by atoms with Gasteiger partial charge < -0.3 is 14.2 Å². The quantitative estimate of drug-likeness (QED) is 0.680. The predicted molar refractivity (Wildman–Crippen MR) is 78.1 cm³/mol. The minimum absolute atomic E-state index is 0.129. The fraction of sp³-hybridized carbons (Fsp3) is 0.188. The van der Waals surface area contributed by atoms with Crippen LogP contribution in [0, 0.1) is 12.3 Å². The van der Waals surface area contributed by atoms with Crippen LogP contribution in [0.2, 0.25) is 0 Å². The van der Waals surface area contributed by atoms with E-state index in [0.29, 0.717) is 22.8 Å². The fourth-order valence-electron chi connectivity index (χ4n) is 1.78. The van der Waals surface area contributed by atoms with E-state index in [-0.39, 0.29) is 5.90 Å². The van der Waals surface area contributed by atoms with E-state index >= 15 is 0 Å². The molecule has 2 aromatic rings. The summed E-state index contributed by atoms with van der Waals surface area (Å²) < 4.78 is 16.0. The van der Waals surface area contributed by atoms with Crippen molar-refractivity contribution >= 4 is 5.90 Å². The van der Waals surface area contributed by atoms with Crippen LogP contribution in [0.4, 0.5) is 0 Å². The maximum atomic E-state index is 7.57. The lowest BCUT2D eigenvalue weighted by atomic mass is 10.2. The molecule has 0 unspecified atom stereocenters. The zero-order chi connectivity index (χ0) is 14.5. The van der Waals surface area contributed by atoms with E-state index in [9.17, 15) is 0 Å². The van der Waals surface area contributed by atoms with Crippen LogP contribution in [0.1, 0.15) is 11.1 Å². The standard InChI is InChI=1S/C16H17NO3/c1-11-4-9-14(15(10-11)18-2)20-13-7-5-12(6-8-13)16(17)19-3/h4-10,17H,1-3H3. The van der Waals surface area contributed by atoms with Gasteiger partial charge in [-0.15, -0.1) is 0 Å². The zero-order valence-electron chi connectivity index (χ0n) is 11.8. The Morgan fingerprint density at radius 2 is 1.65 bits per heavy atom. The Morgan fingerprint density at radius 3 is 2.25 bits per heavy atom. The summed E-state index contributed by atoms with van der Waals surface area (Å²) in [6.45, 7) is 2.00. The van der Waals surface area contributed by atoms with E-state index in [1.807, 2.05) is 25.1 Å². The highest BCUT2D eigenvalue weighted by molar-refractivity contribution is 5.91. The Hall–Kier alpha value is -2.49. The molecule has 104 valence electrons. The van der Waals surface area contributed by atoms with E-state index in [2.05, 4.69) is 0 Å². The number of hydrogen-bond acceptors (Lipinski definition) is 4. The summed E-state index contributed by atoms with van der Waals surface area (Å²) in [5.41, 5.74) is 1.81. The third-order valence-corrected chi connectivity index (χ3v) is 2.87. The number of rotatable bonds is 4. The van der Waals surface area contributed by atoms with Gasteiger partial charge in [0.1, 0.15) is 5.75 Å². The molecular weight excluding hydrogens is 254 g/mol. The average molecular weight is 271 g/mol. The highest BCUT2D eigenvalue weighted by atomic mass is 16.5. The maximum Gasteiger partial charge on any atom is 0.212 e. The van der Waals surface area contributed by atoms with Crippen molar-refractivity contribution in [2.45, 2.75) is 6.92 Å². The smallest absolute Gasteiger partial charge is 0.212 e. The predicted octanol–water partition coefficient (Wildman–Crippen LogP) is 3.77. The summed E-state index contributed by atoms with van der Waals surface area (Å²) in [7, 11) is 3.09. The molecule has 20 heavy (non-hydrogen) atoms. The Kier molecular flexibility index (Phi) is 4.25. The van der Waals surface area contributed by atoms with Crippen molar-refractivity contribution in [3.8, 4) is 17.2 Å². The van der Waals surface area contributed by atoms with E-state index < -0.39 is 0 Å². The van der Waals surface area contributed by atoms with Gasteiger partial charge in [0, 0.05) is 5.56 Å². The number of nitrogens with one attached hydrogen (secondary N) is 1. The number of benzene rings is 2. The number of methoxy groups -OCH3 is 2. The van der Waals surface area contributed by atoms with Crippen LogP contribution < -0.4 is 9.47 Å². The molecule has 0 aliphatic carbocycles. The monoisotopic (exact) mass is 271 g/mol. The third-order valence-electron chi connectivity index (χ3n) is 2.87. The Morgan fingerprint density at radius 1 is 0.950 bits per heavy atom. The third kappa shape index (κ3) is 3.09. The van der Waals surface area contributed by atoms with Gasteiger partial charge >= 0.3 is 0 Å². The second-order valence-corrected chi connectivity index (χ2v) is 4.31. The number of ether oxygens (including phenoxy) is 3. The lowest BCUT2D eigenvalue weighted by Gasteiger charge is -2.11. The molecule has 0 aromatic heterocycles. The van der Waals surface area contributed by atoms with Crippen LogP contribution in [0.3, 0.4) is 0 Å². The van der Waals surface area contributed by atoms with E-state index in [1.54, 1.807) is 31.4 Å². The molecule has 0 radical (unpaired) electrons. The van der Waals surface area contributed by atoms with Crippen molar-refractivity contribution in [3.63, 3.8) is 0 Å². The van der Waals surface area contributed by atoms with E-state index in [4.69, 9.17) is 19.6 Å². The average Bonchev–Trinajstić information content (AvgIpc) is 2.49. The van der Waals surface area contributed by atoms with Gasteiger partial charge in [0.15, 0.2) is 11.5 Å². The van der Waals surface area contributed by atoms with Crippen LogP contribution in [0.5, 0.6) is 17.2 Å². The van der Waals surface area contributed by atoms with E-state index in [1.165, 1.54) is 7.11 Å². The minimum atomic E-state index is 0.129. The first-order valence-corrected chi connectivity index (χ1v) is 6.19. The van der Waals surface area contributed by atoms with Crippen molar-refractivity contribution in [2.24, 2.45) is 0 Å². The first-order chi connectivity index (χ1) is 9.63. The van der Waals surface area contributed by atoms with Gasteiger partial charge in [-0.2, -0.15) is 0 Å². The molecule has 1 N–H and O–H groups in total. The highest BCUT2D eigenvalue weighted by Gasteiger charge is 2.07. The summed E-state index contributed by atoms with van der Waals surface area (Å²) in [4.78, 5) is 0. The molecule has 0 atom stereocenters. The summed E-state index contributed by atoms with van der Waals surface area (Å²) in [5, 5.41) is 7.57. The van der Waals surface area contributed by atoms with Crippen LogP contribution in [-0.4, -0.2) is 20.1 Å². The zero-order valence-corrected chi connectivity index (χ0v) is 11.8. The van der Waals surface area contributed by atoms with Gasteiger partial charge in [-0.05, 0) is 48.9 Å². The molecule has 2 aromatic carbocycles. The molecule has 0 saturated heterocycles. The van der Waals surface area contributed by atoms with E-state index in [0.717, 1.165) is 5.56 Å². The molecule has 0 saturated carbocycles. The molecule has 0 fully saturated rings. The van der Waals surface area contributed by atoms with Crippen LogP contribution in [0.15, 0.2) is 42.5 Å². The lowest BCUT2D eigenvalue weighted by Crippen LogP contribution is -2.00. The summed E-state index contributed by atoms with van der Waals surface area (Å²) in [6, 6.07) is 12.9. The second-order valence-electron chi connectivity index (χ2n) is 4.31. The largest absolute Gasteiger partial charge is 0.493 e. The first kappa shape index (κ1) is 13.9. The lowest BCUT2D eigenvalue weighted by molar-refractivity contribution is 0.378. The normalized spacial score (nSPS) is 9.95. The highest BCUT2D eigenvalue weighted by Crippen LogP contribution is 2.32. The van der Waals surface area contributed by atoms with Crippen LogP contribution >= 0.6 is 0 Å². The Labute approximate surface area is 118 Å². The number of hydrogen-bond donors (Lipinski definition) is 1. The van der Waals surface area contributed by atoms with Crippen molar-refractivity contribution in [2.75, 3.05) is 14.2 Å². The molecule has 0 aliphatic rings. The molecule has 0 aliphatic heterocycles. The fourth-order valence-corrected chi connectivity index (χ4v) is 1.78. The molecule has 2 rings (SSSR count). The summed E-state index contributed by atoms with van der Waals surface area (Å²) in [6.07, 6.45) is 0. The number of aryl methyl sites for hydroxylation is 1. The molecule has 0 bridgehead atoms. The van der Waals surface area contributed by atoms with Gasteiger partial charge in [0.05, 0.1) is 14.2 Å².